The van der Waals surface area contributed by atoms with Crippen molar-refractivity contribution in [1.29, 1.82) is 0 Å². The highest BCUT2D eigenvalue weighted by Gasteiger charge is 2.19. The van der Waals surface area contributed by atoms with Gasteiger partial charge in [0.1, 0.15) is 18.1 Å². The van der Waals surface area contributed by atoms with Crippen LogP contribution in [-0.4, -0.2) is 38.6 Å². The SMILES string of the molecule is COc1ncc(-c2ccc3ncc4c(c3c2)OCCN4)cc1NS(=O)(=O)c1ccc(F)cc1. The molecule has 0 radical (unpaired) electrons. The number of anilines is 2. The van der Waals surface area contributed by atoms with Crippen LogP contribution in [-0.2, 0) is 10.0 Å². The fraction of sp³-hybridized carbons (Fsp3) is 0.130. The maximum Gasteiger partial charge on any atom is 0.262 e. The lowest BCUT2D eigenvalue weighted by Crippen LogP contribution is -2.18. The van der Waals surface area contributed by atoms with Gasteiger partial charge in [-0.3, -0.25) is 9.71 Å². The van der Waals surface area contributed by atoms with Crippen molar-refractivity contribution < 1.29 is 22.3 Å². The molecule has 8 nitrogen and oxygen atoms in total. The summed E-state index contributed by atoms with van der Waals surface area (Å²) in [4.78, 5) is 8.65. The van der Waals surface area contributed by atoms with E-state index in [0.29, 0.717) is 18.7 Å². The number of hydrogen-bond acceptors (Lipinski definition) is 7. The predicted octanol–water partition coefficient (Wildman–Crippen LogP) is 4.05. The molecule has 1 aliphatic heterocycles. The Bertz CT molecular complexity index is 1460. The van der Waals surface area contributed by atoms with E-state index in [1.54, 1.807) is 18.5 Å². The first-order valence-electron chi connectivity index (χ1n) is 10.1. The molecule has 33 heavy (non-hydrogen) atoms. The number of nitrogens with one attached hydrogen (secondary N) is 2. The van der Waals surface area contributed by atoms with Crippen LogP contribution in [0, 0.1) is 5.82 Å². The molecule has 0 spiro atoms. The molecule has 4 aromatic rings. The van der Waals surface area contributed by atoms with Crippen molar-refractivity contribution >= 4 is 32.3 Å². The second kappa shape index (κ2) is 8.21. The molecule has 0 saturated heterocycles. The van der Waals surface area contributed by atoms with Gasteiger partial charge in [0.2, 0.25) is 5.88 Å². The molecule has 0 amide bonds. The lowest BCUT2D eigenvalue weighted by molar-refractivity contribution is 0.327. The van der Waals surface area contributed by atoms with Crippen LogP contribution in [0.1, 0.15) is 0 Å². The maximum atomic E-state index is 13.2. The minimum atomic E-state index is -3.98. The second-order valence-electron chi connectivity index (χ2n) is 7.35. The van der Waals surface area contributed by atoms with E-state index in [-0.39, 0.29) is 16.5 Å². The zero-order valence-electron chi connectivity index (χ0n) is 17.5. The summed E-state index contributed by atoms with van der Waals surface area (Å²) in [6.45, 7) is 1.26. The molecule has 10 heteroatoms. The van der Waals surface area contributed by atoms with E-state index in [2.05, 4.69) is 20.0 Å². The van der Waals surface area contributed by atoms with Crippen molar-refractivity contribution in [3.8, 4) is 22.8 Å². The molecule has 0 unspecified atom stereocenters. The third-order valence-corrected chi connectivity index (χ3v) is 6.61. The smallest absolute Gasteiger partial charge is 0.262 e. The molecule has 3 heterocycles. The topological polar surface area (TPSA) is 102 Å². The Morgan fingerprint density at radius 3 is 2.67 bits per heavy atom. The highest BCUT2D eigenvalue weighted by atomic mass is 32.2. The minimum absolute atomic E-state index is 0.0792. The van der Waals surface area contributed by atoms with Gasteiger partial charge in [-0.05, 0) is 48.0 Å². The van der Waals surface area contributed by atoms with E-state index in [1.165, 1.54) is 19.2 Å². The van der Waals surface area contributed by atoms with E-state index in [1.807, 2.05) is 18.2 Å². The minimum Gasteiger partial charge on any atom is -0.489 e. The Balaban J connectivity index is 1.55. The van der Waals surface area contributed by atoms with Gasteiger partial charge in [0.25, 0.3) is 10.0 Å². The molecule has 5 rings (SSSR count). The average Bonchev–Trinajstić information content (AvgIpc) is 2.83. The summed E-state index contributed by atoms with van der Waals surface area (Å²) >= 11 is 0. The summed E-state index contributed by atoms with van der Waals surface area (Å²) in [5.74, 6) is 0.311. The Hall–Kier alpha value is -3.92. The van der Waals surface area contributed by atoms with E-state index in [0.717, 1.165) is 40.0 Å². The van der Waals surface area contributed by atoms with Crippen molar-refractivity contribution in [3.63, 3.8) is 0 Å². The summed E-state index contributed by atoms with van der Waals surface area (Å²) in [5, 5.41) is 4.10. The zero-order chi connectivity index (χ0) is 23.0. The van der Waals surface area contributed by atoms with Gasteiger partial charge in [0, 0.05) is 23.7 Å². The number of ether oxygens (including phenoxy) is 2. The van der Waals surface area contributed by atoms with E-state index in [9.17, 15) is 12.8 Å². The highest BCUT2D eigenvalue weighted by molar-refractivity contribution is 7.92. The van der Waals surface area contributed by atoms with Gasteiger partial charge >= 0.3 is 0 Å². The van der Waals surface area contributed by atoms with Gasteiger partial charge < -0.3 is 14.8 Å². The predicted molar refractivity (Wildman–Crippen MR) is 123 cm³/mol. The summed E-state index contributed by atoms with van der Waals surface area (Å²) in [6, 6.07) is 11.9. The number of rotatable bonds is 5. The zero-order valence-corrected chi connectivity index (χ0v) is 18.3. The van der Waals surface area contributed by atoms with Crippen molar-refractivity contribution in [2.45, 2.75) is 4.90 Å². The number of pyridine rings is 2. The van der Waals surface area contributed by atoms with Crippen LogP contribution in [0.4, 0.5) is 15.8 Å². The van der Waals surface area contributed by atoms with Gasteiger partial charge in [0.15, 0.2) is 5.75 Å². The first-order valence-corrected chi connectivity index (χ1v) is 11.6. The molecule has 0 bridgehead atoms. The van der Waals surface area contributed by atoms with Crippen LogP contribution in [0.3, 0.4) is 0 Å². The number of nitrogens with zero attached hydrogens (tertiary/aromatic N) is 2. The Morgan fingerprint density at radius 2 is 1.88 bits per heavy atom. The Labute approximate surface area is 189 Å². The van der Waals surface area contributed by atoms with Crippen LogP contribution in [0.25, 0.3) is 22.0 Å². The van der Waals surface area contributed by atoms with Crippen molar-refractivity contribution in [1.82, 2.24) is 9.97 Å². The summed E-state index contributed by atoms with van der Waals surface area (Å²) in [7, 11) is -2.58. The average molecular weight is 466 g/mol. The number of methoxy groups -OCH3 is 1. The second-order valence-corrected chi connectivity index (χ2v) is 9.03. The molecule has 0 saturated carbocycles. The van der Waals surface area contributed by atoms with E-state index < -0.39 is 15.8 Å². The molecule has 2 aromatic carbocycles. The highest BCUT2D eigenvalue weighted by Crippen LogP contribution is 2.37. The lowest BCUT2D eigenvalue weighted by Gasteiger charge is -2.20. The number of sulfonamides is 1. The molecule has 1 aliphatic rings. The molecule has 2 N–H and O–H groups in total. The molecule has 168 valence electrons. The van der Waals surface area contributed by atoms with Crippen LogP contribution in [0.15, 0.2) is 65.8 Å². The van der Waals surface area contributed by atoms with Gasteiger partial charge in [-0.25, -0.2) is 17.8 Å². The lowest BCUT2D eigenvalue weighted by atomic mass is 10.0. The van der Waals surface area contributed by atoms with Gasteiger partial charge in [-0.1, -0.05) is 6.07 Å². The molecule has 2 aromatic heterocycles. The third kappa shape index (κ3) is 4.00. The fourth-order valence-electron chi connectivity index (χ4n) is 3.63. The van der Waals surface area contributed by atoms with Gasteiger partial charge in [-0.15, -0.1) is 0 Å². The molecular formula is C23H19FN4O4S. The molecule has 0 fully saturated rings. The normalized spacial score (nSPS) is 13.0. The monoisotopic (exact) mass is 466 g/mol. The van der Waals surface area contributed by atoms with Gasteiger partial charge in [0.05, 0.1) is 29.4 Å². The maximum absolute atomic E-state index is 13.2. The number of fused-ring (bicyclic) bond motifs is 3. The summed E-state index contributed by atoms with van der Waals surface area (Å²) in [6.07, 6.45) is 3.34. The number of benzene rings is 2. The van der Waals surface area contributed by atoms with E-state index in [4.69, 9.17) is 9.47 Å². The Kier molecular flexibility index (Phi) is 5.21. The van der Waals surface area contributed by atoms with Crippen molar-refractivity contribution in [3.05, 3.63) is 66.7 Å². The van der Waals surface area contributed by atoms with E-state index >= 15 is 0 Å². The molecular weight excluding hydrogens is 447 g/mol. The number of halogens is 1. The number of aromatic nitrogens is 2. The standard InChI is InChI=1S/C23H19FN4O4S/c1-31-23-20(28-33(29,30)17-5-3-16(24)4-6-17)11-15(12-27-23)14-2-7-19-18(10-14)22-21(13-26-19)25-8-9-32-22/h2-7,10-13,25,28H,8-9H2,1H3. The van der Waals surface area contributed by atoms with Crippen molar-refractivity contribution in [2.75, 3.05) is 30.3 Å². The van der Waals surface area contributed by atoms with Crippen LogP contribution < -0.4 is 19.5 Å². The molecule has 0 atom stereocenters. The van der Waals surface area contributed by atoms with Crippen LogP contribution in [0.2, 0.25) is 0 Å². The fourth-order valence-corrected chi connectivity index (χ4v) is 4.68. The van der Waals surface area contributed by atoms with Gasteiger partial charge in [-0.2, -0.15) is 0 Å². The largest absolute Gasteiger partial charge is 0.489 e. The molecule has 0 aliphatic carbocycles. The summed E-state index contributed by atoms with van der Waals surface area (Å²) < 4.78 is 52.4. The van der Waals surface area contributed by atoms with Crippen LogP contribution in [0.5, 0.6) is 11.6 Å². The summed E-state index contributed by atoms with van der Waals surface area (Å²) in [5.41, 5.74) is 3.22. The Morgan fingerprint density at radius 1 is 1.06 bits per heavy atom. The number of hydrogen-bond donors (Lipinski definition) is 2. The first-order chi connectivity index (χ1) is 15.9. The van der Waals surface area contributed by atoms with Crippen molar-refractivity contribution in [2.24, 2.45) is 0 Å². The quantitative estimate of drug-likeness (QED) is 0.457. The van der Waals surface area contributed by atoms with Crippen LogP contribution >= 0.6 is 0 Å². The first kappa shape index (κ1) is 21.0. The third-order valence-electron chi connectivity index (χ3n) is 5.23.